The number of hydrogen-bond donors (Lipinski definition) is 1. The van der Waals surface area contributed by atoms with Crippen LogP contribution in [0.25, 0.3) is 0 Å². The summed E-state index contributed by atoms with van der Waals surface area (Å²) in [5.41, 5.74) is 5.72. The Kier molecular flexibility index (Phi) is 4.86. The highest BCUT2D eigenvalue weighted by atomic mass is 16.5. The summed E-state index contributed by atoms with van der Waals surface area (Å²) in [7, 11) is 1.60. The molecule has 0 aromatic heterocycles. The molecule has 14 heavy (non-hydrogen) atoms. The van der Waals surface area contributed by atoms with Gasteiger partial charge in [0.25, 0.3) is 0 Å². The second-order valence-electron chi connectivity index (χ2n) is 3.33. The number of carbonyl (C=O) groups is 1. The molecule has 5 heteroatoms. The van der Waals surface area contributed by atoms with Crippen LogP contribution in [0.5, 0.6) is 0 Å². The van der Waals surface area contributed by atoms with Crippen molar-refractivity contribution in [3.63, 3.8) is 0 Å². The van der Waals surface area contributed by atoms with Crippen LogP contribution in [0.2, 0.25) is 0 Å². The Labute approximate surface area is 84.1 Å². The summed E-state index contributed by atoms with van der Waals surface area (Å²) in [6.07, 6.45) is 0.576. The van der Waals surface area contributed by atoms with Gasteiger partial charge in [-0.15, -0.1) is 0 Å². The number of nitrogens with two attached hydrogens (primary N) is 1. The number of methoxy groups -OCH3 is 1. The van der Waals surface area contributed by atoms with Crippen molar-refractivity contribution in [1.82, 2.24) is 4.90 Å². The quantitative estimate of drug-likeness (QED) is 0.649. The largest absolute Gasteiger partial charge is 0.385 e. The van der Waals surface area contributed by atoms with Crippen LogP contribution in [0.3, 0.4) is 0 Å². The lowest BCUT2D eigenvalue weighted by molar-refractivity contribution is -0.137. The first-order valence-corrected chi connectivity index (χ1v) is 4.86. The predicted octanol–water partition coefficient (Wildman–Crippen LogP) is -0.791. The van der Waals surface area contributed by atoms with E-state index in [1.54, 1.807) is 12.0 Å². The fourth-order valence-electron chi connectivity index (χ4n) is 1.39. The van der Waals surface area contributed by atoms with E-state index in [-0.39, 0.29) is 5.91 Å². The summed E-state index contributed by atoms with van der Waals surface area (Å²) in [4.78, 5) is 13.4. The number of hydrogen-bond acceptors (Lipinski definition) is 4. The third-order valence-corrected chi connectivity index (χ3v) is 2.27. The van der Waals surface area contributed by atoms with Crippen molar-refractivity contribution in [3.05, 3.63) is 0 Å². The third-order valence-electron chi connectivity index (χ3n) is 2.27. The Morgan fingerprint density at radius 2 is 2.21 bits per heavy atom. The van der Waals surface area contributed by atoms with E-state index >= 15 is 0 Å². The van der Waals surface area contributed by atoms with Crippen molar-refractivity contribution in [2.75, 3.05) is 40.0 Å². The maximum Gasteiger partial charge on any atom is 0.239 e. The second kappa shape index (κ2) is 5.95. The number of morpholine rings is 1. The summed E-state index contributed by atoms with van der Waals surface area (Å²) in [6.45, 7) is 3.06. The fourth-order valence-corrected chi connectivity index (χ4v) is 1.39. The first-order valence-electron chi connectivity index (χ1n) is 4.86. The van der Waals surface area contributed by atoms with E-state index in [0.29, 0.717) is 39.3 Å². The van der Waals surface area contributed by atoms with E-state index in [9.17, 15) is 4.79 Å². The zero-order chi connectivity index (χ0) is 10.4. The van der Waals surface area contributed by atoms with Crippen molar-refractivity contribution >= 4 is 5.91 Å². The maximum absolute atomic E-state index is 11.7. The molecular formula is C9H18N2O3. The lowest BCUT2D eigenvalue weighted by Crippen LogP contribution is -2.48. The van der Waals surface area contributed by atoms with Gasteiger partial charge < -0.3 is 20.1 Å². The first-order chi connectivity index (χ1) is 6.75. The number of nitrogens with zero attached hydrogens (tertiary/aromatic N) is 1. The SMILES string of the molecule is COCC[C@H](N)C(=O)N1CCOCC1. The highest BCUT2D eigenvalue weighted by Crippen LogP contribution is 2.01. The van der Waals surface area contributed by atoms with Crippen LogP contribution in [0.15, 0.2) is 0 Å². The molecule has 1 saturated heterocycles. The first kappa shape index (κ1) is 11.4. The molecular weight excluding hydrogens is 184 g/mol. The molecule has 0 saturated carbocycles. The van der Waals surface area contributed by atoms with Crippen LogP contribution >= 0.6 is 0 Å². The molecule has 82 valence electrons. The highest BCUT2D eigenvalue weighted by molar-refractivity contribution is 5.81. The van der Waals surface area contributed by atoms with Crippen LogP contribution in [0.1, 0.15) is 6.42 Å². The van der Waals surface area contributed by atoms with Crippen LogP contribution in [-0.4, -0.2) is 56.9 Å². The topological polar surface area (TPSA) is 64.8 Å². The number of ether oxygens (including phenoxy) is 2. The molecule has 1 aliphatic heterocycles. The van der Waals surface area contributed by atoms with E-state index in [4.69, 9.17) is 15.2 Å². The molecule has 2 N–H and O–H groups in total. The van der Waals surface area contributed by atoms with Gasteiger partial charge in [-0.2, -0.15) is 0 Å². The van der Waals surface area contributed by atoms with Crippen LogP contribution in [0, 0.1) is 0 Å². The minimum Gasteiger partial charge on any atom is -0.385 e. The van der Waals surface area contributed by atoms with Gasteiger partial charge in [0.2, 0.25) is 5.91 Å². The fraction of sp³-hybridized carbons (Fsp3) is 0.889. The molecule has 0 unspecified atom stereocenters. The van der Waals surface area contributed by atoms with Crippen molar-refractivity contribution in [2.45, 2.75) is 12.5 Å². The lowest BCUT2D eigenvalue weighted by Gasteiger charge is -2.29. The number of rotatable bonds is 4. The van der Waals surface area contributed by atoms with E-state index < -0.39 is 6.04 Å². The van der Waals surface area contributed by atoms with Gasteiger partial charge in [-0.05, 0) is 6.42 Å². The predicted molar refractivity (Wildman–Crippen MR) is 51.9 cm³/mol. The third kappa shape index (κ3) is 3.25. The van der Waals surface area contributed by atoms with Gasteiger partial charge >= 0.3 is 0 Å². The van der Waals surface area contributed by atoms with Gasteiger partial charge in [0.15, 0.2) is 0 Å². The Balaban J connectivity index is 2.30. The van der Waals surface area contributed by atoms with E-state index in [0.717, 1.165) is 0 Å². The summed E-state index contributed by atoms with van der Waals surface area (Å²) >= 11 is 0. The average molecular weight is 202 g/mol. The van der Waals surface area contributed by atoms with Gasteiger partial charge in [0, 0.05) is 26.8 Å². The monoisotopic (exact) mass is 202 g/mol. The molecule has 1 atom stereocenters. The van der Waals surface area contributed by atoms with Gasteiger partial charge in [0.05, 0.1) is 19.3 Å². The molecule has 0 bridgehead atoms. The molecule has 0 radical (unpaired) electrons. The summed E-state index contributed by atoms with van der Waals surface area (Å²) in [5.74, 6) is 0.00495. The molecule has 1 amide bonds. The van der Waals surface area contributed by atoms with Gasteiger partial charge in [-0.25, -0.2) is 0 Å². The highest BCUT2D eigenvalue weighted by Gasteiger charge is 2.22. The van der Waals surface area contributed by atoms with Crippen LogP contribution in [-0.2, 0) is 14.3 Å². The Morgan fingerprint density at radius 3 is 2.79 bits per heavy atom. The van der Waals surface area contributed by atoms with E-state index in [2.05, 4.69) is 0 Å². The van der Waals surface area contributed by atoms with Crippen molar-refractivity contribution in [1.29, 1.82) is 0 Å². The molecule has 1 fully saturated rings. The molecule has 1 rings (SSSR count). The molecule has 0 aromatic rings. The van der Waals surface area contributed by atoms with Gasteiger partial charge in [0.1, 0.15) is 0 Å². The smallest absolute Gasteiger partial charge is 0.239 e. The second-order valence-corrected chi connectivity index (χ2v) is 3.33. The lowest BCUT2D eigenvalue weighted by atomic mass is 10.2. The van der Waals surface area contributed by atoms with Crippen LogP contribution < -0.4 is 5.73 Å². The Bertz CT molecular complexity index is 181. The maximum atomic E-state index is 11.7. The Hall–Kier alpha value is -0.650. The van der Waals surface area contributed by atoms with Gasteiger partial charge in [-0.1, -0.05) is 0 Å². The summed E-state index contributed by atoms with van der Waals surface area (Å²) < 4.78 is 10.0. The Morgan fingerprint density at radius 1 is 1.57 bits per heavy atom. The molecule has 5 nitrogen and oxygen atoms in total. The van der Waals surface area contributed by atoms with Crippen molar-refractivity contribution < 1.29 is 14.3 Å². The van der Waals surface area contributed by atoms with Crippen molar-refractivity contribution in [3.8, 4) is 0 Å². The summed E-state index contributed by atoms with van der Waals surface area (Å²) in [5, 5.41) is 0. The summed E-state index contributed by atoms with van der Waals surface area (Å²) in [6, 6.07) is -0.437. The number of amides is 1. The van der Waals surface area contributed by atoms with E-state index in [1.165, 1.54) is 0 Å². The minimum absolute atomic E-state index is 0.00495. The number of carbonyl (C=O) groups excluding carboxylic acids is 1. The van der Waals surface area contributed by atoms with Crippen LogP contribution in [0.4, 0.5) is 0 Å². The minimum atomic E-state index is -0.437. The molecule has 0 aliphatic carbocycles. The van der Waals surface area contributed by atoms with E-state index in [1.807, 2.05) is 0 Å². The zero-order valence-corrected chi connectivity index (χ0v) is 8.57. The standard InChI is InChI=1S/C9H18N2O3/c1-13-5-2-8(10)9(12)11-3-6-14-7-4-11/h8H,2-7,10H2,1H3/t8-/m0/s1. The average Bonchev–Trinajstić information content (AvgIpc) is 2.26. The molecule has 1 aliphatic rings. The normalized spacial score (nSPS) is 19.4. The zero-order valence-electron chi connectivity index (χ0n) is 8.57. The molecule has 0 spiro atoms. The molecule has 0 aromatic carbocycles. The van der Waals surface area contributed by atoms with Gasteiger partial charge in [-0.3, -0.25) is 4.79 Å². The molecule has 1 heterocycles. The van der Waals surface area contributed by atoms with Crippen molar-refractivity contribution in [2.24, 2.45) is 5.73 Å².